The number of piperidine rings is 1. The number of sulfonamides is 1. The molecule has 0 unspecified atom stereocenters. The third kappa shape index (κ3) is 6.45. The van der Waals surface area contributed by atoms with Gasteiger partial charge in [0.15, 0.2) is 0 Å². The number of nitrogens with zero attached hydrogens (tertiary/aromatic N) is 1. The minimum atomic E-state index is -3.21. The molecular weight excluding hydrogens is 473 g/mol. The van der Waals surface area contributed by atoms with Gasteiger partial charge in [0.25, 0.3) is 11.8 Å². The lowest BCUT2D eigenvalue weighted by atomic mass is 10.1. The molecule has 1 saturated heterocycles. The molecule has 1 fully saturated rings. The number of hydrogen-bond donors (Lipinski definition) is 2. The fourth-order valence-corrected chi connectivity index (χ4v) is 5.59. The quantitative estimate of drug-likeness (QED) is 0.599. The Morgan fingerprint density at radius 1 is 0.969 bits per heavy atom. The van der Waals surface area contributed by atoms with Gasteiger partial charge in [-0.15, -0.1) is 0 Å². The predicted molar refractivity (Wildman–Crippen MR) is 127 cm³/mol. The topological polar surface area (TPSA) is 95.6 Å². The van der Waals surface area contributed by atoms with E-state index in [9.17, 15) is 18.0 Å². The monoisotopic (exact) mass is 497 g/mol. The smallest absolute Gasteiger partial charge is 0.255 e. The Labute approximate surface area is 198 Å². The first-order valence-electron chi connectivity index (χ1n) is 10.3. The molecule has 0 radical (unpaired) electrons. The molecule has 2 N–H and O–H groups in total. The van der Waals surface area contributed by atoms with Gasteiger partial charge in [0, 0.05) is 46.0 Å². The Kier molecular flexibility index (Phi) is 8.16. The second-order valence-corrected chi connectivity index (χ2v) is 10.6. The number of amides is 2. The van der Waals surface area contributed by atoms with Crippen LogP contribution in [-0.2, 0) is 10.0 Å². The van der Waals surface area contributed by atoms with Gasteiger partial charge in [0.1, 0.15) is 0 Å². The highest BCUT2D eigenvalue weighted by Crippen LogP contribution is 2.21. The summed E-state index contributed by atoms with van der Waals surface area (Å²) in [5, 5.41) is 6.43. The van der Waals surface area contributed by atoms with Crippen molar-refractivity contribution >= 4 is 50.7 Å². The first-order chi connectivity index (χ1) is 15.2. The van der Waals surface area contributed by atoms with Crippen molar-refractivity contribution in [2.75, 3.05) is 24.2 Å². The molecule has 0 aliphatic carbocycles. The van der Waals surface area contributed by atoms with Crippen LogP contribution < -0.4 is 10.6 Å². The van der Waals surface area contributed by atoms with Gasteiger partial charge in [0.2, 0.25) is 10.0 Å². The maximum atomic E-state index is 12.6. The molecule has 0 atom stereocenters. The van der Waals surface area contributed by atoms with Crippen LogP contribution in [0.15, 0.2) is 42.5 Å². The number of halogens is 2. The highest BCUT2D eigenvalue weighted by Gasteiger charge is 2.28. The van der Waals surface area contributed by atoms with Crippen molar-refractivity contribution in [2.45, 2.75) is 32.2 Å². The van der Waals surface area contributed by atoms with Crippen molar-refractivity contribution in [1.82, 2.24) is 9.62 Å². The van der Waals surface area contributed by atoms with E-state index < -0.39 is 10.0 Å². The summed E-state index contributed by atoms with van der Waals surface area (Å²) in [5.41, 5.74) is 1.31. The van der Waals surface area contributed by atoms with Crippen molar-refractivity contribution in [1.29, 1.82) is 0 Å². The van der Waals surface area contributed by atoms with E-state index in [1.165, 1.54) is 16.4 Å². The van der Waals surface area contributed by atoms with Gasteiger partial charge in [-0.1, -0.05) is 30.1 Å². The Hall–Kier alpha value is -2.13. The van der Waals surface area contributed by atoms with E-state index in [1.807, 2.05) is 6.92 Å². The van der Waals surface area contributed by atoms with Crippen LogP contribution in [0, 0.1) is 0 Å². The number of carbonyl (C=O) groups excluding carboxylic acids is 2. The van der Waals surface area contributed by atoms with Gasteiger partial charge in [-0.05, 0) is 61.7 Å². The van der Waals surface area contributed by atoms with Gasteiger partial charge in [-0.25, -0.2) is 12.7 Å². The molecule has 2 aromatic carbocycles. The molecule has 2 amide bonds. The van der Waals surface area contributed by atoms with Gasteiger partial charge in [0.05, 0.1) is 5.75 Å². The highest BCUT2D eigenvalue weighted by atomic mass is 35.5. The molecule has 0 bridgehead atoms. The van der Waals surface area contributed by atoms with E-state index in [2.05, 4.69) is 10.6 Å². The normalized spacial score (nSPS) is 15.3. The van der Waals surface area contributed by atoms with Gasteiger partial charge >= 0.3 is 0 Å². The second-order valence-electron chi connectivity index (χ2n) is 7.65. The average Bonchev–Trinajstić information content (AvgIpc) is 2.74. The summed E-state index contributed by atoms with van der Waals surface area (Å²) < 4.78 is 25.8. The summed E-state index contributed by atoms with van der Waals surface area (Å²) in [6, 6.07) is 11.0. The van der Waals surface area contributed by atoms with Crippen molar-refractivity contribution in [2.24, 2.45) is 0 Å². The zero-order valence-corrected chi connectivity index (χ0v) is 19.9. The fraction of sp³-hybridized carbons (Fsp3) is 0.364. The van der Waals surface area contributed by atoms with Crippen LogP contribution in [0.25, 0.3) is 0 Å². The summed E-state index contributed by atoms with van der Waals surface area (Å²) >= 11 is 11.9. The molecular formula is C22H25Cl2N3O4S. The first-order valence-corrected chi connectivity index (χ1v) is 12.7. The predicted octanol–water partition coefficient (Wildman–Crippen LogP) is 4.18. The molecule has 1 aliphatic heterocycles. The molecule has 0 aromatic heterocycles. The molecule has 172 valence electrons. The lowest BCUT2D eigenvalue weighted by Gasteiger charge is -2.31. The average molecular weight is 498 g/mol. The van der Waals surface area contributed by atoms with Crippen LogP contribution >= 0.6 is 23.2 Å². The standard InChI is InChI=1S/C22H25Cl2N3O4S/c1-2-11-32(30,31)27-9-7-20(8-10-27)26-21(28)15-3-5-19(6-4-15)25-22(29)16-12-17(23)14-18(24)13-16/h3-6,12-14,20H,2,7-11H2,1H3,(H,25,29)(H,26,28). The maximum Gasteiger partial charge on any atom is 0.255 e. The van der Waals surface area contributed by atoms with Crippen LogP contribution in [0.3, 0.4) is 0 Å². The summed E-state index contributed by atoms with van der Waals surface area (Å²) in [6.45, 7) is 2.66. The van der Waals surface area contributed by atoms with Crippen molar-refractivity contribution < 1.29 is 18.0 Å². The minimum absolute atomic E-state index is 0.0810. The van der Waals surface area contributed by atoms with Crippen LogP contribution in [0.1, 0.15) is 46.9 Å². The van der Waals surface area contributed by atoms with E-state index in [4.69, 9.17) is 23.2 Å². The molecule has 0 saturated carbocycles. The molecule has 2 aromatic rings. The number of nitrogens with one attached hydrogen (secondary N) is 2. The second kappa shape index (κ2) is 10.7. The fourth-order valence-electron chi connectivity index (χ4n) is 3.53. The minimum Gasteiger partial charge on any atom is -0.349 e. The summed E-state index contributed by atoms with van der Waals surface area (Å²) in [7, 11) is -3.21. The summed E-state index contributed by atoms with van der Waals surface area (Å²) in [4.78, 5) is 24.9. The molecule has 1 aliphatic rings. The Balaban J connectivity index is 1.54. The van der Waals surface area contributed by atoms with E-state index in [1.54, 1.807) is 30.3 Å². The lowest BCUT2D eigenvalue weighted by Crippen LogP contribution is -2.47. The number of benzene rings is 2. The largest absolute Gasteiger partial charge is 0.349 e. The van der Waals surface area contributed by atoms with Crippen molar-refractivity contribution in [3.63, 3.8) is 0 Å². The maximum absolute atomic E-state index is 12.6. The van der Waals surface area contributed by atoms with Gasteiger partial charge < -0.3 is 10.6 Å². The van der Waals surface area contributed by atoms with Crippen LogP contribution in [-0.4, -0.2) is 49.4 Å². The zero-order valence-electron chi connectivity index (χ0n) is 17.6. The Morgan fingerprint density at radius 3 is 2.12 bits per heavy atom. The molecule has 7 nitrogen and oxygen atoms in total. The lowest BCUT2D eigenvalue weighted by molar-refractivity contribution is 0.0923. The molecule has 32 heavy (non-hydrogen) atoms. The highest BCUT2D eigenvalue weighted by molar-refractivity contribution is 7.89. The third-order valence-electron chi connectivity index (χ3n) is 5.17. The van der Waals surface area contributed by atoms with Gasteiger partial charge in [-0.2, -0.15) is 0 Å². The Bertz CT molecular complexity index is 1060. The number of rotatable bonds is 7. The zero-order chi connectivity index (χ0) is 23.3. The molecule has 0 spiro atoms. The molecule has 10 heteroatoms. The first kappa shape index (κ1) is 24.5. The van der Waals surface area contributed by atoms with Crippen molar-refractivity contribution in [3.05, 3.63) is 63.6 Å². The number of anilines is 1. The third-order valence-corrected chi connectivity index (χ3v) is 7.69. The van der Waals surface area contributed by atoms with Crippen LogP contribution in [0.5, 0.6) is 0 Å². The summed E-state index contributed by atoms with van der Waals surface area (Å²) in [5.74, 6) is -0.451. The van der Waals surface area contributed by atoms with E-state index >= 15 is 0 Å². The van der Waals surface area contributed by atoms with Gasteiger partial charge in [-0.3, -0.25) is 9.59 Å². The van der Waals surface area contributed by atoms with Crippen molar-refractivity contribution in [3.8, 4) is 0 Å². The number of hydrogen-bond acceptors (Lipinski definition) is 4. The SMILES string of the molecule is CCCS(=O)(=O)N1CCC(NC(=O)c2ccc(NC(=O)c3cc(Cl)cc(Cl)c3)cc2)CC1. The van der Waals surface area contributed by atoms with E-state index in [0.29, 0.717) is 59.2 Å². The van der Waals surface area contributed by atoms with E-state index in [-0.39, 0.29) is 23.6 Å². The molecule has 3 rings (SSSR count). The summed E-state index contributed by atoms with van der Waals surface area (Å²) in [6.07, 6.45) is 1.73. The van der Waals surface area contributed by atoms with Crippen LogP contribution in [0.4, 0.5) is 5.69 Å². The Morgan fingerprint density at radius 2 is 1.56 bits per heavy atom. The van der Waals surface area contributed by atoms with E-state index in [0.717, 1.165) is 0 Å². The number of carbonyl (C=O) groups is 2. The van der Waals surface area contributed by atoms with Crippen LogP contribution in [0.2, 0.25) is 10.0 Å². The molecule has 1 heterocycles.